The smallest absolute Gasteiger partial charge is 0.327 e. The molecule has 0 spiro atoms. The van der Waals surface area contributed by atoms with Gasteiger partial charge in [0.05, 0.1) is 6.10 Å². The van der Waals surface area contributed by atoms with Crippen LogP contribution < -0.4 is 0 Å². The number of β-amino-alcohol motifs (C(OH)–C–C–N with tert-alkyl or cyclic N) is 1. The molecule has 7 heteroatoms. The topological polar surface area (TPSA) is 81.2 Å². The number of aliphatic hydroxyl groups is 1. The zero-order valence-electron chi connectivity index (χ0n) is 11.2. The van der Waals surface area contributed by atoms with Crippen molar-refractivity contribution in [2.24, 2.45) is 5.92 Å². The van der Waals surface area contributed by atoms with Gasteiger partial charge in [0.2, 0.25) is 5.91 Å². The summed E-state index contributed by atoms with van der Waals surface area (Å²) in [5.74, 6) is -0.472. The lowest BCUT2D eigenvalue weighted by atomic mass is 9.96. The van der Waals surface area contributed by atoms with Crippen LogP contribution in [0.3, 0.4) is 0 Å². The van der Waals surface area contributed by atoms with Crippen LogP contribution in [0.1, 0.15) is 13.3 Å². The van der Waals surface area contributed by atoms with Crippen molar-refractivity contribution in [1.82, 2.24) is 14.7 Å². The molecular formula is C12H19N3O4. The molecule has 7 nitrogen and oxygen atoms in total. The van der Waals surface area contributed by atoms with Crippen molar-refractivity contribution in [3.8, 4) is 0 Å². The van der Waals surface area contributed by atoms with Gasteiger partial charge in [-0.15, -0.1) is 0 Å². The molecule has 0 aromatic heterocycles. The first-order chi connectivity index (χ1) is 8.90. The summed E-state index contributed by atoms with van der Waals surface area (Å²) >= 11 is 0. The van der Waals surface area contributed by atoms with E-state index in [1.807, 2.05) is 6.92 Å². The van der Waals surface area contributed by atoms with E-state index < -0.39 is 12.1 Å². The van der Waals surface area contributed by atoms with E-state index in [1.165, 1.54) is 16.8 Å². The number of hydrogen-bond acceptors (Lipinski definition) is 4. The molecule has 0 aliphatic carbocycles. The van der Waals surface area contributed by atoms with E-state index in [2.05, 4.69) is 0 Å². The molecule has 2 saturated heterocycles. The van der Waals surface area contributed by atoms with Crippen LogP contribution in [0.5, 0.6) is 0 Å². The number of aliphatic hydroxyl groups excluding tert-OH is 1. The maximum atomic E-state index is 12.1. The number of imide groups is 1. The summed E-state index contributed by atoms with van der Waals surface area (Å²) in [7, 11) is 1.52. The number of rotatable bonds is 2. The largest absolute Gasteiger partial charge is 0.391 e. The molecular weight excluding hydrogens is 250 g/mol. The maximum Gasteiger partial charge on any atom is 0.327 e. The van der Waals surface area contributed by atoms with Gasteiger partial charge in [0.1, 0.15) is 13.1 Å². The monoisotopic (exact) mass is 269 g/mol. The minimum Gasteiger partial charge on any atom is -0.391 e. The highest BCUT2D eigenvalue weighted by molar-refractivity contribution is 6.04. The van der Waals surface area contributed by atoms with Gasteiger partial charge in [0, 0.05) is 20.1 Å². The van der Waals surface area contributed by atoms with E-state index in [-0.39, 0.29) is 37.4 Å². The molecule has 2 heterocycles. The van der Waals surface area contributed by atoms with Crippen LogP contribution in [0.25, 0.3) is 0 Å². The number of carbonyl (C=O) groups excluding carboxylic acids is 3. The Hall–Kier alpha value is -1.63. The van der Waals surface area contributed by atoms with E-state index in [4.69, 9.17) is 0 Å². The highest BCUT2D eigenvalue weighted by Crippen LogP contribution is 2.17. The van der Waals surface area contributed by atoms with Gasteiger partial charge in [-0.3, -0.25) is 14.5 Å². The van der Waals surface area contributed by atoms with E-state index in [0.29, 0.717) is 6.54 Å². The molecule has 2 fully saturated rings. The Labute approximate surface area is 111 Å². The first kappa shape index (κ1) is 13.8. The standard InChI is InChI=1S/C12H19N3O4/c1-8-3-4-14(5-9(8)16)10(17)7-15-11(18)6-13(2)12(15)19/h8-9,16H,3-7H2,1-2H3. The Balaban J connectivity index is 1.94. The number of piperidine rings is 1. The van der Waals surface area contributed by atoms with Crippen molar-refractivity contribution in [2.75, 3.05) is 33.2 Å². The number of nitrogens with zero attached hydrogens (tertiary/aromatic N) is 3. The molecule has 0 bridgehead atoms. The first-order valence-electron chi connectivity index (χ1n) is 6.41. The van der Waals surface area contributed by atoms with Gasteiger partial charge < -0.3 is 14.9 Å². The number of likely N-dealkylation sites (tertiary alicyclic amines) is 1. The van der Waals surface area contributed by atoms with Gasteiger partial charge >= 0.3 is 6.03 Å². The highest BCUT2D eigenvalue weighted by atomic mass is 16.3. The highest BCUT2D eigenvalue weighted by Gasteiger charge is 2.36. The zero-order valence-corrected chi connectivity index (χ0v) is 11.2. The molecule has 4 amide bonds. The average Bonchev–Trinajstić information content (AvgIpc) is 2.59. The lowest BCUT2D eigenvalue weighted by molar-refractivity contribution is -0.139. The fraction of sp³-hybridized carbons (Fsp3) is 0.750. The van der Waals surface area contributed by atoms with Crippen molar-refractivity contribution in [3.05, 3.63) is 0 Å². The number of hydrogen-bond donors (Lipinski definition) is 1. The fourth-order valence-electron chi connectivity index (χ4n) is 2.34. The van der Waals surface area contributed by atoms with Crippen LogP contribution in [-0.4, -0.2) is 77.0 Å². The van der Waals surface area contributed by atoms with Crippen molar-refractivity contribution >= 4 is 17.8 Å². The van der Waals surface area contributed by atoms with Crippen molar-refractivity contribution in [1.29, 1.82) is 0 Å². The summed E-state index contributed by atoms with van der Waals surface area (Å²) in [5.41, 5.74) is 0. The van der Waals surface area contributed by atoms with Gasteiger partial charge in [-0.05, 0) is 12.3 Å². The number of likely N-dealkylation sites (N-methyl/N-ethyl adjacent to an activating group) is 1. The van der Waals surface area contributed by atoms with Crippen LogP contribution >= 0.6 is 0 Å². The van der Waals surface area contributed by atoms with E-state index >= 15 is 0 Å². The Morgan fingerprint density at radius 3 is 2.63 bits per heavy atom. The molecule has 19 heavy (non-hydrogen) atoms. The van der Waals surface area contributed by atoms with Crippen LogP contribution in [0.2, 0.25) is 0 Å². The fourth-order valence-corrected chi connectivity index (χ4v) is 2.34. The van der Waals surface area contributed by atoms with Crippen LogP contribution in [-0.2, 0) is 9.59 Å². The van der Waals surface area contributed by atoms with Crippen molar-refractivity contribution in [2.45, 2.75) is 19.4 Å². The summed E-state index contributed by atoms with van der Waals surface area (Å²) in [6.07, 6.45) is 0.194. The average molecular weight is 269 g/mol. The summed E-state index contributed by atoms with van der Waals surface area (Å²) in [6, 6.07) is -0.440. The molecule has 0 aromatic rings. The number of amides is 4. The molecule has 2 atom stereocenters. The predicted octanol–water partition coefficient (Wildman–Crippen LogP) is -0.890. The van der Waals surface area contributed by atoms with E-state index in [9.17, 15) is 19.5 Å². The molecule has 2 aliphatic heterocycles. The zero-order chi connectivity index (χ0) is 14.2. The summed E-state index contributed by atoms with van der Waals surface area (Å²) in [6.45, 7) is 2.55. The Morgan fingerprint density at radius 1 is 1.42 bits per heavy atom. The van der Waals surface area contributed by atoms with Gasteiger partial charge in [-0.1, -0.05) is 6.92 Å². The van der Waals surface area contributed by atoms with E-state index in [0.717, 1.165) is 11.3 Å². The normalized spacial score (nSPS) is 28.3. The second kappa shape index (κ2) is 5.16. The third kappa shape index (κ3) is 2.70. The maximum absolute atomic E-state index is 12.1. The second-order valence-corrected chi connectivity index (χ2v) is 5.29. The van der Waals surface area contributed by atoms with Crippen LogP contribution in [0, 0.1) is 5.92 Å². The molecule has 2 unspecified atom stereocenters. The molecule has 2 rings (SSSR count). The number of carbonyl (C=O) groups is 3. The third-order valence-corrected chi connectivity index (χ3v) is 3.80. The van der Waals surface area contributed by atoms with Gasteiger partial charge in [-0.25, -0.2) is 4.79 Å². The summed E-state index contributed by atoms with van der Waals surface area (Å²) in [5, 5.41) is 9.75. The van der Waals surface area contributed by atoms with Crippen LogP contribution in [0.15, 0.2) is 0 Å². The minimum atomic E-state index is -0.537. The summed E-state index contributed by atoms with van der Waals surface area (Å²) in [4.78, 5) is 39.1. The predicted molar refractivity (Wildman–Crippen MR) is 66.1 cm³/mol. The van der Waals surface area contributed by atoms with E-state index in [1.54, 1.807) is 0 Å². The van der Waals surface area contributed by atoms with Gasteiger partial charge in [0.15, 0.2) is 0 Å². The SMILES string of the molecule is CC1CCN(C(=O)CN2C(=O)CN(C)C2=O)CC1O. The lowest BCUT2D eigenvalue weighted by Crippen LogP contribution is -2.50. The van der Waals surface area contributed by atoms with Crippen molar-refractivity contribution in [3.63, 3.8) is 0 Å². The Morgan fingerprint density at radius 2 is 2.11 bits per heavy atom. The quantitative estimate of drug-likeness (QED) is 0.659. The first-order valence-corrected chi connectivity index (χ1v) is 6.41. The number of urea groups is 1. The van der Waals surface area contributed by atoms with Gasteiger partial charge in [0.25, 0.3) is 5.91 Å². The van der Waals surface area contributed by atoms with Crippen LogP contribution in [0.4, 0.5) is 4.79 Å². The minimum absolute atomic E-state index is 0.0196. The Kier molecular flexibility index (Phi) is 3.75. The third-order valence-electron chi connectivity index (χ3n) is 3.80. The summed E-state index contributed by atoms with van der Waals surface area (Å²) < 4.78 is 0. The molecule has 2 aliphatic rings. The molecule has 0 radical (unpaired) electrons. The lowest BCUT2D eigenvalue weighted by Gasteiger charge is -2.34. The second-order valence-electron chi connectivity index (χ2n) is 5.29. The molecule has 0 aromatic carbocycles. The molecule has 0 saturated carbocycles. The molecule has 106 valence electrons. The van der Waals surface area contributed by atoms with Gasteiger partial charge in [-0.2, -0.15) is 0 Å². The Bertz CT molecular complexity index is 412. The molecule has 1 N–H and O–H groups in total. The van der Waals surface area contributed by atoms with Crippen molar-refractivity contribution < 1.29 is 19.5 Å².